The van der Waals surface area contributed by atoms with Crippen LogP contribution in [0.5, 0.6) is 0 Å². The van der Waals surface area contributed by atoms with Gasteiger partial charge in [0.05, 0.1) is 0 Å². The second kappa shape index (κ2) is 8.64. The van der Waals surface area contributed by atoms with Crippen LogP contribution in [0.3, 0.4) is 0 Å². The van der Waals surface area contributed by atoms with Crippen LogP contribution in [-0.4, -0.2) is 71.0 Å². The smallest absolute Gasteiger partial charge is 0.334 e. The molecule has 9 heteroatoms. The van der Waals surface area contributed by atoms with Gasteiger partial charge in [-0.05, 0) is 43.0 Å². The first-order chi connectivity index (χ1) is 14.2. The number of imide groups is 2. The van der Waals surface area contributed by atoms with Crippen molar-refractivity contribution in [2.45, 2.75) is 38.6 Å². The van der Waals surface area contributed by atoms with Crippen molar-refractivity contribution in [1.82, 2.24) is 14.7 Å². The lowest BCUT2D eigenvalue weighted by Gasteiger charge is -2.34. The molecule has 1 aliphatic heterocycles. The summed E-state index contributed by atoms with van der Waals surface area (Å²) in [5, 5.41) is 2.58. The molecule has 0 bridgehead atoms. The van der Waals surface area contributed by atoms with Crippen molar-refractivity contribution in [3.8, 4) is 0 Å². The number of urea groups is 1. The molecule has 0 radical (unpaired) electrons. The van der Waals surface area contributed by atoms with Crippen LogP contribution in [0.15, 0.2) is 24.3 Å². The third-order valence-corrected chi connectivity index (χ3v) is 5.61. The van der Waals surface area contributed by atoms with Crippen LogP contribution in [0.2, 0.25) is 0 Å². The van der Waals surface area contributed by atoms with E-state index in [0.717, 1.165) is 24.2 Å². The maximum absolute atomic E-state index is 12.7. The summed E-state index contributed by atoms with van der Waals surface area (Å²) in [4.78, 5) is 64.9. The van der Waals surface area contributed by atoms with Crippen LogP contribution in [0, 0.1) is 5.92 Å². The van der Waals surface area contributed by atoms with Gasteiger partial charge < -0.3 is 10.2 Å². The minimum Gasteiger partial charge on any atom is -0.345 e. The molecule has 1 aliphatic carbocycles. The molecule has 1 aromatic carbocycles. The maximum Gasteiger partial charge on any atom is 0.334 e. The minimum atomic E-state index is -0.972. The second-order valence-corrected chi connectivity index (χ2v) is 8.00. The lowest BCUT2D eigenvalue weighted by Crippen LogP contribution is -2.46. The number of amides is 6. The summed E-state index contributed by atoms with van der Waals surface area (Å²) < 4.78 is 0. The zero-order valence-electron chi connectivity index (χ0n) is 17.4. The third kappa shape index (κ3) is 4.19. The highest BCUT2D eigenvalue weighted by molar-refractivity contribution is 6.45. The Morgan fingerprint density at radius 1 is 1.03 bits per heavy atom. The fourth-order valence-corrected chi connectivity index (χ4v) is 3.93. The Morgan fingerprint density at radius 3 is 2.27 bits per heavy atom. The molecule has 1 saturated carbocycles. The molecule has 2 atom stereocenters. The van der Waals surface area contributed by atoms with Gasteiger partial charge in [-0.2, -0.15) is 0 Å². The number of carbonyl (C=O) groups is 5. The van der Waals surface area contributed by atoms with Crippen molar-refractivity contribution < 1.29 is 24.0 Å². The van der Waals surface area contributed by atoms with Gasteiger partial charge in [0.2, 0.25) is 5.91 Å². The van der Waals surface area contributed by atoms with E-state index < -0.39 is 30.3 Å². The predicted molar refractivity (Wildman–Crippen MR) is 108 cm³/mol. The number of rotatable bonds is 5. The van der Waals surface area contributed by atoms with Gasteiger partial charge in [-0.15, -0.1) is 0 Å². The second-order valence-electron chi connectivity index (χ2n) is 8.00. The molecule has 0 aromatic heterocycles. The van der Waals surface area contributed by atoms with Crippen molar-refractivity contribution in [1.29, 1.82) is 0 Å². The van der Waals surface area contributed by atoms with Gasteiger partial charge in [0, 0.05) is 31.4 Å². The van der Waals surface area contributed by atoms with E-state index in [-0.39, 0.29) is 17.9 Å². The number of nitrogens with one attached hydrogen (secondary N) is 1. The van der Waals surface area contributed by atoms with Crippen molar-refractivity contribution >= 4 is 35.3 Å². The molecule has 1 N–H and O–H groups in total. The Bertz CT molecular complexity index is 880. The highest BCUT2D eigenvalue weighted by atomic mass is 16.2. The molecule has 6 amide bonds. The van der Waals surface area contributed by atoms with Crippen LogP contribution >= 0.6 is 0 Å². The predicted octanol–water partition coefficient (Wildman–Crippen LogP) is 1.70. The number of hydrogen-bond acceptors (Lipinski definition) is 5. The first-order valence-corrected chi connectivity index (χ1v) is 10.0. The number of nitrogens with zero attached hydrogens (tertiary/aromatic N) is 3. The van der Waals surface area contributed by atoms with E-state index in [2.05, 4.69) is 5.32 Å². The normalized spacial score (nSPS) is 21.8. The summed E-state index contributed by atoms with van der Waals surface area (Å²) in [5.41, 5.74) is 0.879. The summed E-state index contributed by atoms with van der Waals surface area (Å²) in [5.74, 6) is -2.49. The average Bonchev–Trinajstić information content (AvgIpc) is 2.92. The van der Waals surface area contributed by atoms with Crippen molar-refractivity contribution in [2.24, 2.45) is 5.92 Å². The molecular weight excluding hydrogens is 388 g/mol. The highest BCUT2D eigenvalue weighted by Gasteiger charge is 2.49. The van der Waals surface area contributed by atoms with E-state index in [0.29, 0.717) is 22.6 Å². The molecule has 3 rings (SSSR count). The van der Waals surface area contributed by atoms with E-state index in [1.54, 1.807) is 38.4 Å². The summed E-state index contributed by atoms with van der Waals surface area (Å²) in [7, 11) is 3.28. The topological polar surface area (TPSA) is 107 Å². The summed E-state index contributed by atoms with van der Waals surface area (Å²) in [6.07, 6.45) is 3.49. The Hall–Kier alpha value is -3.23. The molecule has 160 valence electrons. The first kappa shape index (κ1) is 21.5. The molecular formula is C21H26N4O5. The lowest BCUT2D eigenvalue weighted by molar-refractivity contribution is -0.145. The summed E-state index contributed by atoms with van der Waals surface area (Å²) in [6.45, 7) is 1.42. The quantitative estimate of drug-likeness (QED) is 0.583. The van der Waals surface area contributed by atoms with Gasteiger partial charge in [-0.25, -0.2) is 9.69 Å². The van der Waals surface area contributed by atoms with E-state index in [1.807, 2.05) is 6.92 Å². The summed E-state index contributed by atoms with van der Waals surface area (Å²) >= 11 is 0. The molecule has 1 aromatic rings. The van der Waals surface area contributed by atoms with Crippen LogP contribution in [0.1, 0.15) is 43.0 Å². The molecule has 2 aliphatic rings. The lowest BCUT2D eigenvalue weighted by atomic mass is 9.85. The van der Waals surface area contributed by atoms with Crippen molar-refractivity contribution in [3.63, 3.8) is 0 Å². The van der Waals surface area contributed by atoms with Gasteiger partial charge >= 0.3 is 17.8 Å². The van der Waals surface area contributed by atoms with Crippen LogP contribution < -0.4 is 5.32 Å². The van der Waals surface area contributed by atoms with E-state index in [9.17, 15) is 24.0 Å². The number of hydrogen-bond donors (Lipinski definition) is 1. The largest absolute Gasteiger partial charge is 0.345 e. The molecule has 0 unspecified atom stereocenters. The van der Waals surface area contributed by atoms with Crippen molar-refractivity contribution in [3.05, 3.63) is 29.8 Å². The van der Waals surface area contributed by atoms with Crippen LogP contribution in [-0.2, 0) is 14.4 Å². The van der Waals surface area contributed by atoms with Crippen LogP contribution in [0.25, 0.3) is 0 Å². The molecule has 9 nitrogen and oxygen atoms in total. The van der Waals surface area contributed by atoms with Crippen molar-refractivity contribution in [2.75, 3.05) is 26.0 Å². The molecule has 0 spiro atoms. The maximum atomic E-state index is 12.7. The van der Waals surface area contributed by atoms with Gasteiger partial charge in [-0.1, -0.05) is 19.8 Å². The van der Waals surface area contributed by atoms with Gasteiger partial charge in [0.15, 0.2) is 0 Å². The fourth-order valence-electron chi connectivity index (χ4n) is 3.93. The first-order valence-electron chi connectivity index (χ1n) is 10.0. The molecule has 1 heterocycles. The Morgan fingerprint density at radius 2 is 1.67 bits per heavy atom. The summed E-state index contributed by atoms with van der Waals surface area (Å²) in [6, 6.07) is 5.22. The third-order valence-electron chi connectivity index (χ3n) is 5.61. The monoisotopic (exact) mass is 414 g/mol. The van der Waals surface area contributed by atoms with E-state index >= 15 is 0 Å². The van der Waals surface area contributed by atoms with Gasteiger partial charge in [0.1, 0.15) is 6.54 Å². The van der Waals surface area contributed by atoms with Crippen LogP contribution in [0.4, 0.5) is 10.5 Å². The minimum absolute atomic E-state index is 0.122. The van der Waals surface area contributed by atoms with E-state index in [1.165, 1.54) is 4.90 Å². The Labute approximate surface area is 175 Å². The van der Waals surface area contributed by atoms with Gasteiger partial charge in [-0.3, -0.25) is 24.1 Å². The standard InChI is InChI=1S/C21H26N4O5/c1-13-6-4-5-7-16(13)25-20(29)19(28)24(21(25)30)12-17(26)22-15-10-8-14(9-11-15)18(27)23(2)3/h8-11,13,16H,4-7,12H2,1-3H3,(H,22,26)/t13-,16+/m1/s1. The number of carbonyl (C=O) groups excluding carboxylic acids is 5. The highest BCUT2D eigenvalue weighted by Crippen LogP contribution is 2.31. The number of benzene rings is 1. The van der Waals surface area contributed by atoms with E-state index in [4.69, 9.17) is 0 Å². The zero-order chi connectivity index (χ0) is 22.0. The molecule has 1 saturated heterocycles. The number of anilines is 1. The Kier molecular flexibility index (Phi) is 6.19. The molecule has 2 fully saturated rings. The molecule has 30 heavy (non-hydrogen) atoms. The SMILES string of the molecule is C[C@@H]1CCCC[C@@H]1N1C(=O)C(=O)N(CC(=O)Nc2ccc(C(=O)N(C)C)cc2)C1=O. The zero-order valence-corrected chi connectivity index (χ0v) is 17.4. The van der Waals surface area contributed by atoms with Gasteiger partial charge in [0.25, 0.3) is 5.91 Å². The fraction of sp³-hybridized carbons (Fsp3) is 0.476. The Balaban J connectivity index is 1.65. The average molecular weight is 414 g/mol.